The van der Waals surface area contributed by atoms with Crippen LogP contribution in [0.2, 0.25) is 0 Å². The number of hydrogen-bond donors (Lipinski definition) is 3. The quantitative estimate of drug-likeness (QED) is 0.726. The zero-order valence-electron chi connectivity index (χ0n) is 9.12. The first-order valence-electron chi connectivity index (χ1n) is 5.08. The Morgan fingerprint density at radius 2 is 1.88 bits per heavy atom. The first-order chi connectivity index (χ1) is 8.03. The molecule has 6 heteroatoms. The van der Waals surface area contributed by atoms with Gasteiger partial charge in [0.2, 0.25) is 0 Å². The van der Waals surface area contributed by atoms with Gasteiger partial charge in [-0.2, -0.15) is 0 Å². The predicted molar refractivity (Wildman–Crippen MR) is 58.7 cm³/mol. The molecule has 0 saturated heterocycles. The summed E-state index contributed by atoms with van der Waals surface area (Å²) in [5, 5.41) is 12.7. The molecule has 0 atom stereocenters. The standard InChI is InChI=1S/C11H14F2N2O2/c12-11(13,8-16)7-15-10(17)14-6-9-4-2-1-3-5-9/h1-5,16H,6-8H2,(H2,14,15,17). The number of carbonyl (C=O) groups is 1. The van der Waals surface area contributed by atoms with Crippen molar-refractivity contribution >= 4 is 6.03 Å². The van der Waals surface area contributed by atoms with E-state index in [2.05, 4.69) is 5.32 Å². The van der Waals surface area contributed by atoms with Gasteiger partial charge in [0.05, 0.1) is 6.54 Å². The Bertz CT molecular complexity index is 358. The molecule has 0 aliphatic rings. The molecule has 0 bridgehead atoms. The monoisotopic (exact) mass is 244 g/mol. The summed E-state index contributed by atoms with van der Waals surface area (Å²) in [6, 6.07) is 8.39. The molecule has 0 fully saturated rings. The van der Waals surface area contributed by atoms with Crippen LogP contribution < -0.4 is 10.6 Å². The van der Waals surface area contributed by atoms with Gasteiger partial charge >= 0.3 is 6.03 Å². The highest BCUT2D eigenvalue weighted by Crippen LogP contribution is 2.09. The van der Waals surface area contributed by atoms with E-state index in [0.29, 0.717) is 0 Å². The number of nitrogens with one attached hydrogen (secondary N) is 2. The molecular formula is C11H14F2N2O2. The highest BCUT2D eigenvalue weighted by atomic mass is 19.3. The van der Waals surface area contributed by atoms with Crippen LogP contribution in [0.25, 0.3) is 0 Å². The molecule has 2 amide bonds. The van der Waals surface area contributed by atoms with Crippen LogP contribution in [0.3, 0.4) is 0 Å². The van der Waals surface area contributed by atoms with Crippen molar-refractivity contribution in [3.63, 3.8) is 0 Å². The average Bonchev–Trinajstić information content (AvgIpc) is 2.35. The highest BCUT2D eigenvalue weighted by Gasteiger charge is 2.27. The van der Waals surface area contributed by atoms with E-state index in [-0.39, 0.29) is 6.54 Å². The van der Waals surface area contributed by atoms with Crippen molar-refractivity contribution < 1.29 is 18.7 Å². The number of urea groups is 1. The molecule has 1 aromatic carbocycles. The van der Waals surface area contributed by atoms with Crippen molar-refractivity contribution in [2.24, 2.45) is 0 Å². The predicted octanol–water partition coefficient (Wildman–Crippen LogP) is 1.11. The Labute approximate surface area is 97.6 Å². The van der Waals surface area contributed by atoms with E-state index in [1.54, 1.807) is 0 Å². The summed E-state index contributed by atoms with van der Waals surface area (Å²) in [7, 11) is 0. The first kappa shape index (κ1) is 13.4. The van der Waals surface area contributed by atoms with Crippen molar-refractivity contribution in [1.29, 1.82) is 0 Å². The smallest absolute Gasteiger partial charge is 0.315 e. The Kier molecular flexibility index (Phi) is 4.84. The fourth-order valence-corrected chi connectivity index (χ4v) is 1.11. The molecule has 0 aliphatic heterocycles. The van der Waals surface area contributed by atoms with Crippen molar-refractivity contribution in [1.82, 2.24) is 10.6 Å². The van der Waals surface area contributed by atoms with Gasteiger partial charge in [-0.05, 0) is 5.56 Å². The molecule has 0 saturated carbocycles. The summed E-state index contributed by atoms with van der Waals surface area (Å²) in [4.78, 5) is 11.1. The van der Waals surface area contributed by atoms with Gasteiger partial charge in [-0.1, -0.05) is 30.3 Å². The highest BCUT2D eigenvalue weighted by molar-refractivity contribution is 5.73. The molecule has 0 radical (unpaired) electrons. The molecule has 0 spiro atoms. The van der Waals surface area contributed by atoms with Gasteiger partial charge in [0.15, 0.2) is 0 Å². The van der Waals surface area contributed by atoms with E-state index in [9.17, 15) is 13.6 Å². The van der Waals surface area contributed by atoms with Gasteiger partial charge in [0.25, 0.3) is 5.92 Å². The lowest BCUT2D eigenvalue weighted by Crippen LogP contribution is -2.43. The lowest BCUT2D eigenvalue weighted by atomic mass is 10.2. The number of carbonyl (C=O) groups excluding carboxylic acids is 1. The number of aliphatic hydroxyl groups excluding tert-OH is 1. The number of amides is 2. The number of halogens is 2. The molecule has 0 heterocycles. The summed E-state index contributed by atoms with van der Waals surface area (Å²) in [6.07, 6.45) is 0. The van der Waals surface area contributed by atoms with Crippen LogP contribution >= 0.6 is 0 Å². The third-order valence-corrected chi connectivity index (χ3v) is 2.03. The first-order valence-corrected chi connectivity index (χ1v) is 5.08. The topological polar surface area (TPSA) is 61.4 Å². The largest absolute Gasteiger partial charge is 0.390 e. The zero-order valence-corrected chi connectivity index (χ0v) is 9.12. The van der Waals surface area contributed by atoms with Gasteiger partial charge in [-0.25, -0.2) is 13.6 Å². The van der Waals surface area contributed by atoms with Crippen LogP contribution in [0.5, 0.6) is 0 Å². The molecule has 0 aromatic heterocycles. The van der Waals surface area contributed by atoms with Gasteiger partial charge in [-0.15, -0.1) is 0 Å². The lowest BCUT2D eigenvalue weighted by Gasteiger charge is -2.14. The van der Waals surface area contributed by atoms with E-state index in [0.717, 1.165) is 5.56 Å². The Hall–Kier alpha value is -1.69. The van der Waals surface area contributed by atoms with Crippen LogP contribution in [0.1, 0.15) is 5.56 Å². The van der Waals surface area contributed by atoms with Crippen LogP contribution in [-0.2, 0) is 6.54 Å². The van der Waals surface area contributed by atoms with E-state index in [1.807, 2.05) is 35.6 Å². The minimum atomic E-state index is -3.29. The summed E-state index contributed by atoms with van der Waals surface area (Å²) in [5.41, 5.74) is 0.872. The fraction of sp³-hybridized carbons (Fsp3) is 0.364. The van der Waals surface area contributed by atoms with Gasteiger partial charge in [0, 0.05) is 6.54 Å². The fourth-order valence-electron chi connectivity index (χ4n) is 1.11. The minimum Gasteiger partial charge on any atom is -0.390 e. The molecular weight excluding hydrogens is 230 g/mol. The summed E-state index contributed by atoms with van der Waals surface area (Å²) in [6.45, 7) is -1.91. The summed E-state index contributed by atoms with van der Waals surface area (Å²) >= 11 is 0. The van der Waals surface area contributed by atoms with Crippen LogP contribution in [-0.4, -0.2) is 30.2 Å². The molecule has 1 aromatic rings. The maximum atomic E-state index is 12.6. The van der Waals surface area contributed by atoms with Crippen LogP contribution in [0, 0.1) is 0 Å². The molecule has 0 unspecified atom stereocenters. The maximum absolute atomic E-state index is 12.6. The summed E-state index contributed by atoms with van der Waals surface area (Å²) < 4.78 is 25.2. The number of hydrogen-bond acceptors (Lipinski definition) is 2. The van der Waals surface area contributed by atoms with E-state index in [4.69, 9.17) is 5.11 Å². The number of aliphatic hydroxyl groups is 1. The van der Waals surface area contributed by atoms with E-state index >= 15 is 0 Å². The maximum Gasteiger partial charge on any atom is 0.315 e. The van der Waals surface area contributed by atoms with Crippen LogP contribution in [0.15, 0.2) is 30.3 Å². The Balaban J connectivity index is 2.27. The zero-order chi connectivity index (χ0) is 12.7. The van der Waals surface area contributed by atoms with E-state index < -0.39 is 25.1 Å². The molecule has 17 heavy (non-hydrogen) atoms. The number of alkyl halides is 2. The molecule has 0 aliphatic carbocycles. The second-order valence-electron chi connectivity index (χ2n) is 3.54. The normalized spacial score (nSPS) is 11.0. The Morgan fingerprint density at radius 1 is 1.24 bits per heavy atom. The number of benzene rings is 1. The van der Waals surface area contributed by atoms with E-state index in [1.165, 1.54) is 0 Å². The van der Waals surface area contributed by atoms with Crippen molar-refractivity contribution in [3.05, 3.63) is 35.9 Å². The summed E-state index contributed by atoms with van der Waals surface area (Å²) in [5.74, 6) is -3.29. The van der Waals surface area contributed by atoms with Gasteiger partial charge in [0.1, 0.15) is 6.61 Å². The second kappa shape index (κ2) is 6.15. The van der Waals surface area contributed by atoms with Gasteiger partial charge < -0.3 is 15.7 Å². The lowest BCUT2D eigenvalue weighted by molar-refractivity contribution is -0.0454. The average molecular weight is 244 g/mol. The number of rotatable bonds is 5. The molecule has 1 rings (SSSR count). The third-order valence-electron chi connectivity index (χ3n) is 2.03. The minimum absolute atomic E-state index is 0.261. The molecule has 94 valence electrons. The third kappa shape index (κ3) is 5.26. The van der Waals surface area contributed by atoms with Gasteiger partial charge in [-0.3, -0.25) is 0 Å². The van der Waals surface area contributed by atoms with Crippen molar-refractivity contribution in [3.8, 4) is 0 Å². The second-order valence-corrected chi connectivity index (χ2v) is 3.54. The van der Waals surface area contributed by atoms with Crippen molar-refractivity contribution in [2.45, 2.75) is 12.5 Å². The Morgan fingerprint density at radius 3 is 2.47 bits per heavy atom. The van der Waals surface area contributed by atoms with Crippen molar-refractivity contribution in [2.75, 3.05) is 13.2 Å². The van der Waals surface area contributed by atoms with Crippen LogP contribution in [0.4, 0.5) is 13.6 Å². The molecule has 3 N–H and O–H groups in total. The SMILES string of the molecule is O=C(NCc1ccccc1)NCC(F)(F)CO. The molecule has 4 nitrogen and oxygen atoms in total.